The van der Waals surface area contributed by atoms with Crippen LogP contribution in [0.5, 0.6) is 11.5 Å². The number of hydrogen-bond acceptors (Lipinski definition) is 5. The molecule has 0 unspecified atom stereocenters. The number of nitrogens with zero attached hydrogens (tertiary/aromatic N) is 3. The molecule has 0 atom stereocenters. The summed E-state index contributed by atoms with van der Waals surface area (Å²) in [5.41, 5.74) is 9.05. The molecule has 0 spiro atoms. The van der Waals surface area contributed by atoms with Gasteiger partial charge in [-0.3, -0.25) is 9.36 Å². The van der Waals surface area contributed by atoms with Crippen molar-refractivity contribution in [1.82, 2.24) is 14.8 Å². The number of phenols is 1. The van der Waals surface area contributed by atoms with Crippen LogP contribution in [-0.4, -0.2) is 32.9 Å². The molecule has 0 fully saturated rings. The molecule has 7 nitrogen and oxygen atoms in total. The number of amides is 1. The fourth-order valence-electron chi connectivity index (χ4n) is 3.65. The number of phenolic OH excluding ortho intramolecular Hbond substituents is 1. The Bertz CT molecular complexity index is 1010. The molecule has 2 aromatic carbocycles. The number of benzene rings is 2. The fraction of sp³-hybridized carbons (Fsp3) is 0.250. The number of rotatable bonds is 4. The van der Waals surface area contributed by atoms with Crippen LogP contribution in [-0.2, 0) is 12.8 Å². The van der Waals surface area contributed by atoms with E-state index in [4.69, 9.17) is 10.5 Å². The number of nitrogens with two attached hydrogens (primary N) is 1. The number of methoxy groups -OCH3 is 1. The summed E-state index contributed by atoms with van der Waals surface area (Å²) in [6, 6.07) is 10.8. The van der Waals surface area contributed by atoms with Gasteiger partial charge in [-0.1, -0.05) is 6.07 Å². The van der Waals surface area contributed by atoms with Crippen molar-refractivity contribution in [3.63, 3.8) is 0 Å². The van der Waals surface area contributed by atoms with Crippen LogP contribution in [0.15, 0.2) is 36.4 Å². The maximum Gasteiger partial charge on any atom is 0.287 e. The minimum Gasteiger partial charge on any atom is -0.507 e. The molecule has 1 heterocycles. The number of carbonyl (C=O) groups excluding carboxylic acids is 1. The number of carbonyl (C=O) groups is 1. The Kier molecular flexibility index (Phi) is 4.27. The van der Waals surface area contributed by atoms with Gasteiger partial charge in [-0.25, -0.2) is 0 Å². The molecule has 0 saturated carbocycles. The molecule has 1 aromatic heterocycles. The topological polar surface area (TPSA) is 103 Å². The van der Waals surface area contributed by atoms with E-state index in [0.717, 1.165) is 31.2 Å². The van der Waals surface area contributed by atoms with Gasteiger partial charge in [0.25, 0.3) is 5.91 Å². The lowest BCUT2D eigenvalue weighted by atomic mass is 9.87. The number of aromatic hydroxyl groups is 1. The predicted molar refractivity (Wildman–Crippen MR) is 100 cm³/mol. The van der Waals surface area contributed by atoms with E-state index < -0.39 is 5.91 Å². The summed E-state index contributed by atoms with van der Waals surface area (Å²) >= 11 is 0. The van der Waals surface area contributed by atoms with E-state index in [1.807, 2.05) is 6.07 Å². The number of primary amides is 1. The van der Waals surface area contributed by atoms with Crippen molar-refractivity contribution in [2.45, 2.75) is 25.7 Å². The van der Waals surface area contributed by atoms with Crippen LogP contribution in [0.4, 0.5) is 0 Å². The molecule has 4 rings (SSSR count). The minimum atomic E-state index is -0.686. The van der Waals surface area contributed by atoms with Crippen LogP contribution in [0.2, 0.25) is 0 Å². The average Bonchev–Trinajstić information content (AvgIpc) is 3.13. The van der Waals surface area contributed by atoms with Crippen molar-refractivity contribution in [2.24, 2.45) is 5.73 Å². The molecule has 3 aromatic rings. The molecule has 138 valence electrons. The van der Waals surface area contributed by atoms with Gasteiger partial charge >= 0.3 is 0 Å². The summed E-state index contributed by atoms with van der Waals surface area (Å²) in [6.45, 7) is 0. The molecule has 1 amide bonds. The van der Waals surface area contributed by atoms with Gasteiger partial charge in [-0.15, -0.1) is 10.2 Å². The van der Waals surface area contributed by atoms with Gasteiger partial charge in [0.2, 0.25) is 5.82 Å². The van der Waals surface area contributed by atoms with Crippen molar-refractivity contribution in [2.75, 3.05) is 7.11 Å². The van der Waals surface area contributed by atoms with E-state index in [2.05, 4.69) is 10.2 Å². The molecule has 0 aliphatic heterocycles. The summed E-state index contributed by atoms with van der Waals surface area (Å²) < 4.78 is 6.79. The molecule has 0 radical (unpaired) electrons. The van der Waals surface area contributed by atoms with Crippen molar-refractivity contribution in [3.05, 3.63) is 53.3 Å². The third-order valence-electron chi connectivity index (χ3n) is 4.95. The molecule has 0 bridgehead atoms. The van der Waals surface area contributed by atoms with Crippen LogP contribution in [0, 0.1) is 0 Å². The zero-order valence-corrected chi connectivity index (χ0v) is 15.0. The fourth-order valence-corrected chi connectivity index (χ4v) is 3.65. The first-order chi connectivity index (χ1) is 13.1. The normalized spacial score (nSPS) is 13.2. The van der Waals surface area contributed by atoms with Crippen molar-refractivity contribution >= 4 is 5.91 Å². The van der Waals surface area contributed by atoms with E-state index in [9.17, 15) is 9.90 Å². The first-order valence-corrected chi connectivity index (χ1v) is 8.84. The number of aryl methyl sites for hydroxylation is 1. The first kappa shape index (κ1) is 17.1. The highest BCUT2D eigenvalue weighted by Crippen LogP contribution is 2.38. The van der Waals surface area contributed by atoms with Gasteiger partial charge < -0.3 is 15.6 Å². The average molecular weight is 364 g/mol. The smallest absolute Gasteiger partial charge is 0.287 e. The van der Waals surface area contributed by atoms with Gasteiger partial charge in [0.15, 0.2) is 5.82 Å². The quantitative estimate of drug-likeness (QED) is 0.741. The van der Waals surface area contributed by atoms with Crippen LogP contribution in [0.1, 0.15) is 34.6 Å². The molecule has 1 aliphatic carbocycles. The van der Waals surface area contributed by atoms with Crippen LogP contribution < -0.4 is 10.5 Å². The Labute approximate surface area is 156 Å². The highest BCUT2D eigenvalue weighted by atomic mass is 16.5. The first-order valence-electron chi connectivity index (χ1n) is 8.84. The summed E-state index contributed by atoms with van der Waals surface area (Å²) in [4.78, 5) is 11.9. The van der Waals surface area contributed by atoms with E-state index in [0.29, 0.717) is 22.8 Å². The summed E-state index contributed by atoms with van der Waals surface area (Å²) in [5, 5.41) is 18.8. The third-order valence-corrected chi connectivity index (χ3v) is 4.95. The lowest BCUT2D eigenvalue weighted by Gasteiger charge is -2.20. The van der Waals surface area contributed by atoms with Crippen molar-refractivity contribution in [3.8, 4) is 28.6 Å². The molecular formula is C20H20N4O3. The van der Waals surface area contributed by atoms with Crippen molar-refractivity contribution < 1.29 is 14.6 Å². The summed E-state index contributed by atoms with van der Waals surface area (Å²) in [5.74, 6) is 0.546. The molecule has 3 N–H and O–H groups in total. The zero-order valence-electron chi connectivity index (χ0n) is 15.0. The van der Waals surface area contributed by atoms with Gasteiger partial charge in [-0.05, 0) is 67.1 Å². The monoisotopic (exact) mass is 364 g/mol. The molecule has 27 heavy (non-hydrogen) atoms. The van der Waals surface area contributed by atoms with E-state index >= 15 is 0 Å². The second-order valence-electron chi connectivity index (χ2n) is 6.55. The zero-order chi connectivity index (χ0) is 19.0. The van der Waals surface area contributed by atoms with E-state index in [-0.39, 0.29) is 11.6 Å². The highest BCUT2D eigenvalue weighted by molar-refractivity contribution is 5.91. The molecule has 0 saturated heterocycles. The Morgan fingerprint density at radius 2 is 1.85 bits per heavy atom. The molecular weight excluding hydrogens is 344 g/mol. The molecule has 7 heteroatoms. The van der Waals surface area contributed by atoms with Gasteiger partial charge in [0, 0.05) is 5.69 Å². The number of fused-ring (bicyclic) bond motifs is 1. The molecule has 1 aliphatic rings. The van der Waals surface area contributed by atoms with Crippen molar-refractivity contribution in [1.29, 1.82) is 0 Å². The Morgan fingerprint density at radius 3 is 2.56 bits per heavy atom. The Morgan fingerprint density at radius 1 is 1.11 bits per heavy atom. The second kappa shape index (κ2) is 6.75. The summed E-state index contributed by atoms with van der Waals surface area (Å²) in [7, 11) is 1.59. The number of ether oxygens (including phenoxy) is 1. The van der Waals surface area contributed by atoms with E-state index in [1.165, 1.54) is 5.56 Å². The SMILES string of the molecule is COc1ccc(-n2c(C(N)=O)nnc2-c2c(O)ccc3c2CCCC3)cc1. The van der Waals surface area contributed by atoms with Crippen LogP contribution in [0.3, 0.4) is 0 Å². The maximum atomic E-state index is 11.9. The van der Waals surface area contributed by atoms with Crippen LogP contribution >= 0.6 is 0 Å². The number of aromatic nitrogens is 3. The highest BCUT2D eigenvalue weighted by Gasteiger charge is 2.25. The maximum absolute atomic E-state index is 11.9. The summed E-state index contributed by atoms with van der Waals surface area (Å²) in [6.07, 6.45) is 3.97. The largest absolute Gasteiger partial charge is 0.507 e. The second-order valence-corrected chi connectivity index (χ2v) is 6.55. The predicted octanol–water partition coefficient (Wildman–Crippen LogP) is 2.63. The standard InChI is InChI=1S/C20H20N4O3/c1-27-14-9-7-13(8-10-14)24-19(22-23-20(24)18(21)26)17-15-5-3-2-4-12(15)6-11-16(17)25/h6-11,25H,2-5H2,1H3,(H2,21,26). The van der Waals surface area contributed by atoms with Gasteiger partial charge in [0.1, 0.15) is 11.5 Å². The van der Waals surface area contributed by atoms with Crippen LogP contribution in [0.25, 0.3) is 17.1 Å². The van der Waals surface area contributed by atoms with Gasteiger partial charge in [-0.2, -0.15) is 0 Å². The lowest BCUT2D eigenvalue weighted by Crippen LogP contribution is -2.18. The Balaban J connectivity index is 1.96. The van der Waals surface area contributed by atoms with Gasteiger partial charge in [0.05, 0.1) is 12.7 Å². The lowest BCUT2D eigenvalue weighted by molar-refractivity contribution is 0.0988. The number of hydrogen-bond donors (Lipinski definition) is 2. The van der Waals surface area contributed by atoms with E-state index in [1.54, 1.807) is 42.0 Å². The minimum absolute atomic E-state index is 0.0166. The third kappa shape index (κ3) is 2.91. The Hall–Kier alpha value is -3.35.